The van der Waals surface area contributed by atoms with Gasteiger partial charge in [0.2, 0.25) is 0 Å². The van der Waals surface area contributed by atoms with Crippen LogP contribution in [0.25, 0.3) is 21.7 Å². The molecule has 130 valence electrons. The Morgan fingerprint density at radius 1 is 0.923 bits per heavy atom. The monoisotopic (exact) mass is 345 g/mol. The molecule has 1 aromatic heterocycles. The van der Waals surface area contributed by atoms with E-state index in [1.165, 1.54) is 0 Å². The first-order valence-electron chi connectivity index (χ1n) is 8.53. The highest BCUT2D eigenvalue weighted by molar-refractivity contribution is 6.07. The van der Waals surface area contributed by atoms with E-state index >= 15 is 0 Å². The number of fused-ring (bicyclic) bond motifs is 3. The second kappa shape index (κ2) is 7.02. The highest BCUT2D eigenvalue weighted by Gasteiger charge is 2.10. The highest BCUT2D eigenvalue weighted by atomic mass is 16.5. The molecule has 3 aromatic carbocycles. The molecule has 0 bridgehead atoms. The van der Waals surface area contributed by atoms with Crippen molar-refractivity contribution in [2.75, 3.05) is 7.11 Å². The van der Waals surface area contributed by atoms with E-state index in [2.05, 4.69) is 17.4 Å². The summed E-state index contributed by atoms with van der Waals surface area (Å²) in [5, 5.41) is 6.61. The number of hydrogen-bond acceptors (Lipinski definition) is 4. The van der Waals surface area contributed by atoms with E-state index in [0.717, 1.165) is 33.0 Å². The van der Waals surface area contributed by atoms with Crippen LogP contribution < -0.4 is 15.7 Å². The molecule has 1 heterocycles. The Kier molecular flexibility index (Phi) is 4.42. The summed E-state index contributed by atoms with van der Waals surface area (Å²) in [5.74, 6) is 0.850. The van der Waals surface area contributed by atoms with Crippen LogP contribution in [-0.2, 0) is 13.1 Å². The molecule has 4 heteroatoms. The summed E-state index contributed by atoms with van der Waals surface area (Å²) in [7, 11) is 1.67. The lowest BCUT2D eigenvalue weighted by atomic mass is 10.0. The van der Waals surface area contributed by atoms with E-state index in [1.807, 2.05) is 48.5 Å². The molecular formula is C22H19NO3. The highest BCUT2D eigenvalue weighted by Crippen LogP contribution is 2.27. The van der Waals surface area contributed by atoms with Gasteiger partial charge in [0.25, 0.3) is 0 Å². The number of ether oxygens (including phenoxy) is 1. The van der Waals surface area contributed by atoms with Crippen molar-refractivity contribution in [1.82, 2.24) is 5.32 Å². The molecular weight excluding hydrogens is 326 g/mol. The summed E-state index contributed by atoms with van der Waals surface area (Å²) in [6.45, 7) is 1.21. The minimum absolute atomic E-state index is 0.332. The molecule has 0 fully saturated rings. The van der Waals surface area contributed by atoms with E-state index in [9.17, 15) is 4.79 Å². The molecule has 0 aliphatic carbocycles. The Bertz CT molecular complexity index is 1130. The van der Waals surface area contributed by atoms with Gasteiger partial charge in [-0.15, -0.1) is 0 Å². The van der Waals surface area contributed by atoms with Gasteiger partial charge in [-0.3, -0.25) is 0 Å². The maximum Gasteiger partial charge on any atom is 0.336 e. The first-order chi connectivity index (χ1) is 12.8. The summed E-state index contributed by atoms with van der Waals surface area (Å²) in [4.78, 5) is 12.0. The molecule has 0 aliphatic rings. The van der Waals surface area contributed by atoms with Crippen LogP contribution in [0.2, 0.25) is 0 Å². The van der Waals surface area contributed by atoms with Gasteiger partial charge in [-0.25, -0.2) is 4.79 Å². The van der Waals surface area contributed by atoms with Crippen molar-refractivity contribution in [3.05, 3.63) is 88.3 Å². The number of methoxy groups -OCH3 is 1. The smallest absolute Gasteiger partial charge is 0.336 e. The van der Waals surface area contributed by atoms with Crippen LogP contribution in [0, 0.1) is 0 Å². The quantitative estimate of drug-likeness (QED) is 0.434. The van der Waals surface area contributed by atoms with Crippen molar-refractivity contribution in [1.29, 1.82) is 0 Å². The summed E-state index contributed by atoms with van der Waals surface area (Å²) in [5.41, 5.74) is 2.29. The average Bonchev–Trinajstić information content (AvgIpc) is 2.67. The van der Waals surface area contributed by atoms with Gasteiger partial charge in [0, 0.05) is 30.1 Å². The van der Waals surface area contributed by atoms with Crippen molar-refractivity contribution in [3.63, 3.8) is 0 Å². The molecule has 0 saturated heterocycles. The van der Waals surface area contributed by atoms with Gasteiger partial charge in [-0.1, -0.05) is 48.5 Å². The van der Waals surface area contributed by atoms with Gasteiger partial charge in [0.05, 0.1) is 7.11 Å². The lowest BCUT2D eigenvalue weighted by molar-refractivity contribution is 0.407. The molecule has 0 aliphatic heterocycles. The van der Waals surface area contributed by atoms with E-state index in [0.29, 0.717) is 18.7 Å². The summed E-state index contributed by atoms with van der Waals surface area (Å²) in [6.07, 6.45) is 0. The summed E-state index contributed by atoms with van der Waals surface area (Å²) >= 11 is 0. The van der Waals surface area contributed by atoms with Gasteiger partial charge in [-0.05, 0) is 28.5 Å². The molecule has 0 radical (unpaired) electrons. The number of nitrogens with one attached hydrogen (secondary N) is 1. The molecule has 0 atom stereocenters. The van der Waals surface area contributed by atoms with Crippen LogP contribution in [0.15, 0.2) is 75.9 Å². The topological polar surface area (TPSA) is 51.5 Å². The summed E-state index contributed by atoms with van der Waals surface area (Å²) < 4.78 is 10.8. The van der Waals surface area contributed by atoms with Gasteiger partial charge >= 0.3 is 5.63 Å². The molecule has 4 aromatic rings. The molecule has 0 unspecified atom stereocenters. The Morgan fingerprint density at radius 2 is 1.69 bits per heavy atom. The Morgan fingerprint density at radius 3 is 2.58 bits per heavy atom. The minimum atomic E-state index is -0.332. The Labute approximate surface area is 151 Å². The van der Waals surface area contributed by atoms with Crippen LogP contribution in [0.3, 0.4) is 0 Å². The third-order valence-electron chi connectivity index (χ3n) is 4.54. The average molecular weight is 345 g/mol. The van der Waals surface area contributed by atoms with Gasteiger partial charge in [0.1, 0.15) is 11.3 Å². The molecule has 0 spiro atoms. The van der Waals surface area contributed by atoms with Crippen LogP contribution in [0.5, 0.6) is 5.75 Å². The predicted molar refractivity (Wildman–Crippen MR) is 104 cm³/mol. The number of rotatable bonds is 5. The normalized spacial score (nSPS) is 11.1. The number of benzene rings is 3. The van der Waals surface area contributed by atoms with Crippen molar-refractivity contribution in [2.45, 2.75) is 13.1 Å². The van der Waals surface area contributed by atoms with Crippen molar-refractivity contribution < 1.29 is 9.15 Å². The lowest BCUT2D eigenvalue weighted by Crippen LogP contribution is -2.15. The zero-order chi connectivity index (χ0) is 17.9. The van der Waals surface area contributed by atoms with E-state index < -0.39 is 0 Å². The minimum Gasteiger partial charge on any atom is -0.496 e. The molecule has 0 saturated carbocycles. The molecule has 4 nitrogen and oxygen atoms in total. The molecule has 1 N–H and O–H groups in total. The van der Waals surface area contributed by atoms with Crippen LogP contribution in [0.1, 0.15) is 11.1 Å². The second-order valence-electron chi connectivity index (χ2n) is 6.17. The standard InChI is InChI=1S/C22H19NO3/c1-25-19-9-5-3-7-16(19)13-23-14-17-12-21(24)26-20-11-10-15-6-2-4-8-18(15)22(17)20/h2-12,23H,13-14H2,1H3. The van der Waals surface area contributed by atoms with Gasteiger partial charge in [0.15, 0.2) is 0 Å². The van der Waals surface area contributed by atoms with Crippen molar-refractivity contribution >= 4 is 21.7 Å². The molecule has 4 rings (SSSR count). The zero-order valence-corrected chi connectivity index (χ0v) is 14.5. The zero-order valence-electron chi connectivity index (χ0n) is 14.5. The molecule has 26 heavy (non-hydrogen) atoms. The van der Waals surface area contributed by atoms with Crippen molar-refractivity contribution in [3.8, 4) is 5.75 Å². The van der Waals surface area contributed by atoms with Gasteiger partial charge < -0.3 is 14.5 Å². The van der Waals surface area contributed by atoms with E-state index in [1.54, 1.807) is 13.2 Å². The first-order valence-corrected chi connectivity index (χ1v) is 8.53. The fourth-order valence-electron chi connectivity index (χ4n) is 3.34. The van der Waals surface area contributed by atoms with Crippen LogP contribution in [0.4, 0.5) is 0 Å². The van der Waals surface area contributed by atoms with Crippen molar-refractivity contribution in [2.24, 2.45) is 0 Å². The Balaban J connectivity index is 1.69. The largest absolute Gasteiger partial charge is 0.496 e. The first kappa shape index (κ1) is 16.4. The maximum absolute atomic E-state index is 12.0. The second-order valence-corrected chi connectivity index (χ2v) is 6.17. The third-order valence-corrected chi connectivity index (χ3v) is 4.54. The predicted octanol–water partition coefficient (Wildman–Crippen LogP) is 4.24. The third kappa shape index (κ3) is 3.07. The van der Waals surface area contributed by atoms with Gasteiger partial charge in [-0.2, -0.15) is 0 Å². The number of para-hydroxylation sites is 1. The fourth-order valence-corrected chi connectivity index (χ4v) is 3.34. The van der Waals surface area contributed by atoms with E-state index in [4.69, 9.17) is 9.15 Å². The Hall–Kier alpha value is -3.11. The number of hydrogen-bond donors (Lipinski definition) is 1. The van der Waals surface area contributed by atoms with Crippen LogP contribution >= 0.6 is 0 Å². The lowest BCUT2D eigenvalue weighted by Gasteiger charge is -2.11. The van der Waals surface area contributed by atoms with Crippen LogP contribution in [-0.4, -0.2) is 7.11 Å². The SMILES string of the molecule is COc1ccccc1CNCc1cc(=O)oc2ccc3ccccc3c12. The maximum atomic E-state index is 12.0. The fraction of sp³-hybridized carbons (Fsp3) is 0.136. The molecule has 0 amide bonds. The summed E-state index contributed by atoms with van der Waals surface area (Å²) in [6, 6.07) is 21.4. The van der Waals surface area contributed by atoms with E-state index in [-0.39, 0.29) is 5.63 Å².